The molecule has 0 aliphatic carbocycles. The van der Waals surface area contributed by atoms with E-state index < -0.39 is 0 Å². The third-order valence-corrected chi connectivity index (χ3v) is 6.45. The van der Waals surface area contributed by atoms with Gasteiger partial charge in [-0.1, -0.05) is 66.7 Å². The monoisotopic (exact) mass is 438 g/mol. The molecule has 0 bridgehead atoms. The summed E-state index contributed by atoms with van der Waals surface area (Å²) in [5, 5.41) is 2.40. The van der Waals surface area contributed by atoms with Crippen molar-refractivity contribution in [2.45, 2.75) is 19.8 Å². The molecule has 0 saturated carbocycles. The minimum atomic E-state index is -0.0495. The lowest BCUT2D eigenvalue weighted by atomic mass is 9.84. The summed E-state index contributed by atoms with van der Waals surface area (Å²) in [4.78, 5) is 0. The van der Waals surface area contributed by atoms with Crippen molar-refractivity contribution in [2.75, 3.05) is 13.2 Å². The topological polar surface area (TPSA) is 28.3 Å². The summed E-state index contributed by atoms with van der Waals surface area (Å²) >= 11 is 0. The van der Waals surface area contributed by atoms with E-state index in [0.29, 0.717) is 13.2 Å². The van der Waals surface area contributed by atoms with E-state index in [9.17, 15) is 0 Å². The molecular formula is C29H30N2O2. The van der Waals surface area contributed by atoms with Crippen molar-refractivity contribution in [3.8, 4) is 11.8 Å². The Morgan fingerprint density at radius 2 is 1.03 bits per heavy atom. The van der Waals surface area contributed by atoms with Crippen molar-refractivity contribution in [1.29, 1.82) is 0 Å². The van der Waals surface area contributed by atoms with Gasteiger partial charge in [0, 0.05) is 41.9 Å². The van der Waals surface area contributed by atoms with Gasteiger partial charge in [-0.3, -0.25) is 0 Å². The van der Waals surface area contributed by atoms with E-state index in [2.05, 4.69) is 102 Å². The fourth-order valence-electron chi connectivity index (χ4n) is 5.10. The van der Waals surface area contributed by atoms with Gasteiger partial charge in [-0.25, -0.2) is 0 Å². The molecule has 0 saturated heterocycles. The van der Waals surface area contributed by atoms with Gasteiger partial charge in [0.2, 0.25) is 0 Å². The van der Waals surface area contributed by atoms with E-state index >= 15 is 0 Å². The first-order valence-corrected chi connectivity index (χ1v) is 11.6. The first-order valence-electron chi connectivity index (χ1n) is 11.6. The molecule has 0 radical (unpaired) electrons. The summed E-state index contributed by atoms with van der Waals surface area (Å²) < 4.78 is 17.0. The van der Waals surface area contributed by atoms with Gasteiger partial charge in [0.25, 0.3) is 0 Å². The molecule has 2 aromatic heterocycles. The molecule has 0 aliphatic rings. The maximum absolute atomic E-state index is 6.31. The lowest BCUT2D eigenvalue weighted by Gasteiger charge is -2.21. The molecule has 4 heteroatoms. The third kappa shape index (κ3) is 3.37. The van der Waals surface area contributed by atoms with E-state index in [-0.39, 0.29) is 5.92 Å². The van der Waals surface area contributed by atoms with Crippen LogP contribution in [0.4, 0.5) is 0 Å². The number of fused-ring (bicyclic) bond motifs is 2. The Balaban J connectivity index is 1.93. The lowest BCUT2D eigenvalue weighted by molar-refractivity contribution is 0.308. The molecule has 4 nitrogen and oxygen atoms in total. The van der Waals surface area contributed by atoms with Crippen LogP contribution in [0.1, 0.15) is 36.5 Å². The Hall–Kier alpha value is -3.66. The van der Waals surface area contributed by atoms with Crippen molar-refractivity contribution in [3.63, 3.8) is 0 Å². The van der Waals surface area contributed by atoms with Crippen LogP contribution in [-0.2, 0) is 14.1 Å². The fraction of sp³-hybridized carbons (Fsp3) is 0.241. The second-order valence-corrected chi connectivity index (χ2v) is 8.30. The number of aromatic nitrogens is 2. The largest absolute Gasteiger partial charge is 0.479 e. The molecule has 0 amide bonds. The van der Waals surface area contributed by atoms with E-state index in [1.54, 1.807) is 0 Å². The average molecular weight is 439 g/mol. The van der Waals surface area contributed by atoms with E-state index in [4.69, 9.17) is 9.47 Å². The summed E-state index contributed by atoms with van der Waals surface area (Å²) in [6, 6.07) is 27.8. The Morgan fingerprint density at radius 3 is 1.48 bits per heavy atom. The van der Waals surface area contributed by atoms with Gasteiger partial charge in [0.05, 0.1) is 24.2 Å². The number of hydrogen-bond acceptors (Lipinski definition) is 2. The normalized spacial score (nSPS) is 11.5. The van der Waals surface area contributed by atoms with Crippen molar-refractivity contribution < 1.29 is 9.47 Å². The fourth-order valence-corrected chi connectivity index (χ4v) is 5.10. The van der Waals surface area contributed by atoms with Crippen LogP contribution in [0.25, 0.3) is 21.8 Å². The van der Waals surface area contributed by atoms with Gasteiger partial charge in [0.1, 0.15) is 0 Å². The molecule has 33 heavy (non-hydrogen) atoms. The predicted octanol–water partition coefficient (Wildman–Crippen LogP) is 6.65. The van der Waals surface area contributed by atoms with Gasteiger partial charge in [-0.2, -0.15) is 0 Å². The van der Waals surface area contributed by atoms with Crippen LogP contribution in [-0.4, -0.2) is 22.3 Å². The molecule has 0 aliphatic heterocycles. The molecule has 2 heterocycles. The molecule has 0 N–H and O–H groups in total. The number of rotatable bonds is 7. The highest BCUT2D eigenvalue weighted by atomic mass is 16.5. The summed E-state index contributed by atoms with van der Waals surface area (Å²) in [7, 11) is 4.18. The number of nitrogens with zero attached hydrogens (tertiary/aromatic N) is 2. The summed E-state index contributed by atoms with van der Waals surface area (Å²) in [6.45, 7) is 5.30. The minimum absolute atomic E-state index is 0.0495. The molecule has 5 rings (SSSR count). The van der Waals surface area contributed by atoms with Crippen LogP contribution in [0.5, 0.6) is 11.8 Å². The molecule has 0 atom stereocenters. The highest BCUT2D eigenvalue weighted by molar-refractivity contribution is 5.93. The van der Waals surface area contributed by atoms with Crippen molar-refractivity contribution in [2.24, 2.45) is 14.1 Å². The molecule has 0 spiro atoms. The molecule has 168 valence electrons. The summed E-state index contributed by atoms with van der Waals surface area (Å²) in [6.07, 6.45) is 0. The zero-order valence-electron chi connectivity index (χ0n) is 19.7. The van der Waals surface area contributed by atoms with Crippen LogP contribution < -0.4 is 9.47 Å². The van der Waals surface area contributed by atoms with Crippen molar-refractivity contribution >= 4 is 21.8 Å². The standard InChI is InChI=1S/C29H30N2O2/c1-5-32-28-26(21-16-10-12-18-23(21)30(28)3)25(20-14-8-7-9-15-20)27-22-17-11-13-19-24(22)31(4)29(27)33-6-2/h7-19,25H,5-6H2,1-4H3. The Labute approximate surface area is 195 Å². The molecule has 0 unspecified atom stereocenters. The highest BCUT2D eigenvalue weighted by Gasteiger charge is 2.32. The maximum Gasteiger partial charge on any atom is 0.198 e. The molecule has 0 fully saturated rings. The van der Waals surface area contributed by atoms with Crippen LogP contribution in [0.15, 0.2) is 78.9 Å². The number of para-hydroxylation sites is 2. The second-order valence-electron chi connectivity index (χ2n) is 8.30. The van der Waals surface area contributed by atoms with Gasteiger partial charge in [0.15, 0.2) is 11.8 Å². The van der Waals surface area contributed by atoms with Crippen LogP contribution in [0.2, 0.25) is 0 Å². The third-order valence-electron chi connectivity index (χ3n) is 6.45. The minimum Gasteiger partial charge on any atom is -0.479 e. The number of ether oxygens (including phenoxy) is 2. The SMILES string of the molecule is CCOc1c(C(c2ccccc2)c2c(OCC)n(C)c3ccccc23)c2ccccc2n1C. The molecular weight excluding hydrogens is 408 g/mol. The van der Waals surface area contributed by atoms with Crippen LogP contribution >= 0.6 is 0 Å². The van der Waals surface area contributed by atoms with Crippen LogP contribution in [0, 0.1) is 0 Å². The Morgan fingerprint density at radius 1 is 0.606 bits per heavy atom. The number of benzene rings is 3. The van der Waals surface area contributed by atoms with E-state index in [0.717, 1.165) is 22.8 Å². The van der Waals surface area contributed by atoms with Gasteiger partial charge in [-0.05, 0) is 31.5 Å². The quantitative estimate of drug-likeness (QED) is 0.285. The first kappa shape index (κ1) is 21.2. The van der Waals surface area contributed by atoms with Crippen LogP contribution in [0.3, 0.4) is 0 Å². The number of aryl methyl sites for hydroxylation is 2. The maximum atomic E-state index is 6.31. The Kier molecular flexibility index (Phi) is 5.59. The van der Waals surface area contributed by atoms with E-state index in [1.165, 1.54) is 27.5 Å². The van der Waals surface area contributed by atoms with Gasteiger partial charge < -0.3 is 18.6 Å². The second kappa shape index (κ2) is 8.70. The van der Waals surface area contributed by atoms with Crippen molar-refractivity contribution in [1.82, 2.24) is 9.13 Å². The van der Waals surface area contributed by atoms with E-state index in [1.807, 2.05) is 13.8 Å². The molecule has 5 aromatic rings. The highest BCUT2D eigenvalue weighted by Crippen LogP contribution is 2.48. The van der Waals surface area contributed by atoms with Gasteiger partial charge >= 0.3 is 0 Å². The number of hydrogen-bond donors (Lipinski definition) is 0. The average Bonchev–Trinajstić information content (AvgIpc) is 3.28. The zero-order valence-corrected chi connectivity index (χ0v) is 19.7. The van der Waals surface area contributed by atoms with Crippen molar-refractivity contribution in [3.05, 3.63) is 95.6 Å². The van der Waals surface area contributed by atoms with Gasteiger partial charge in [-0.15, -0.1) is 0 Å². The smallest absolute Gasteiger partial charge is 0.198 e. The zero-order chi connectivity index (χ0) is 22.9. The predicted molar refractivity (Wildman–Crippen MR) is 136 cm³/mol. The first-order chi connectivity index (χ1) is 16.2. The summed E-state index contributed by atoms with van der Waals surface area (Å²) in [5.74, 6) is 1.76. The summed E-state index contributed by atoms with van der Waals surface area (Å²) in [5.41, 5.74) is 5.90. The Bertz CT molecular complexity index is 1320. The lowest BCUT2D eigenvalue weighted by Crippen LogP contribution is -2.09. The molecule has 3 aromatic carbocycles.